The second-order valence-corrected chi connectivity index (χ2v) is 6.02. The molecule has 0 aromatic rings. The van der Waals surface area contributed by atoms with Gasteiger partial charge in [0.25, 0.3) is 0 Å². The van der Waals surface area contributed by atoms with E-state index in [1.54, 1.807) is 0 Å². The van der Waals surface area contributed by atoms with E-state index in [-0.39, 0.29) is 0 Å². The van der Waals surface area contributed by atoms with E-state index in [2.05, 4.69) is 24.1 Å². The average Bonchev–Trinajstić information content (AvgIpc) is 2.79. The third-order valence-electron chi connectivity index (χ3n) is 4.45. The maximum atomic E-state index is 5.81. The van der Waals surface area contributed by atoms with Crippen molar-refractivity contribution in [1.82, 2.24) is 10.2 Å². The molecule has 0 aliphatic carbocycles. The van der Waals surface area contributed by atoms with Gasteiger partial charge in [0.15, 0.2) is 0 Å². The second-order valence-electron chi connectivity index (χ2n) is 6.02. The SMILES string of the molecule is CCCC1(CN2CCCC(OCC)C2)CCCN1. The quantitative estimate of drug-likeness (QED) is 0.788. The largest absolute Gasteiger partial charge is 0.377 e. The zero-order valence-electron chi connectivity index (χ0n) is 12.2. The molecule has 2 unspecified atom stereocenters. The van der Waals surface area contributed by atoms with Crippen molar-refractivity contribution in [2.75, 3.05) is 32.8 Å². The lowest BCUT2D eigenvalue weighted by molar-refractivity contribution is -0.00172. The lowest BCUT2D eigenvalue weighted by Crippen LogP contribution is -2.53. The molecule has 0 saturated carbocycles. The summed E-state index contributed by atoms with van der Waals surface area (Å²) >= 11 is 0. The number of nitrogens with one attached hydrogen (secondary N) is 1. The number of hydrogen-bond donors (Lipinski definition) is 1. The molecule has 2 atom stereocenters. The van der Waals surface area contributed by atoms with Crippen molar-refractivity contribution in [1.29, 1.82) is 0 Å². The number of rotatable bonds is 6. The average molecular weight is 254 g/mol. The highest BCUT2D eigenvalue weighted by atomic mass is 16.5. The van der Waals surface area contributed by atoms with Gasteiger partial charge in [-0.1, -0.05) is 13.3 Å². The summed E-state index contributed by atoms with van der Waals surface area (Å²) in [6.07, 6.45) is 8.34. The first-order valence-corrected chi connectivity index (χ1v) is 7.87. The zero-order valence-corrected chi connectivity index (χ0v) is 12.2. The summed E-state index contributed by atoms with van der Waals surface area (Å²) < 4.78 is 5.81. The standard InChI is InChI=1S/C15H30N2O/c1-3-8-15(9-6-10-16-15)13-17-11-5-7-14(12-17)18-4-2/h14,16H,3-13H2,1-2H3. The van der Waals surface area contributed by atoms with Gasteiger partial charge in [0.05, 0.1) is 6.10 Å². The topological polar surface area (TPSA) is 24.5 Å². The molecule has 2 aliphatic rings. The molecule has 2 rings (SSSR count). The molecule has 3 nitrogen and oxygen atoms in total. The van der Waals surface area contributed by atoms with Crippen LogP contribution in [0.4, 0.5) is 0 Å². The van der Waals surface area contributed by atoms with E-state index in [9.17, 15) is 0 Å². The number of ether oxygens (including phenoxy) is 1. The Hall–Kier alpha value is -0.120. The molecular weight excluding hydrogens is 224 g/mol. The van der Waals surface area contributed by atoms with Crippen molar-refractivity contribution in [3.8, 4) is 0 Å². The van der Waals surface area contributed by atoms with Crippen LogP contribution in [0.25, 0.3) is 0 Å². The van der Waals surface area contributed by atoms with Gasteiger partial charge in [-0.15, -0.1) is 0 Å². The van der Waals surface area contributed by atoms with Crippen LogP contribution in [0.15, 0.2) is 0 Å². The van der Waals surface area contributed by atoms with Gasteiger partial charge in [0.1, 0.15) is 0 Å². The van der Waals surface area contributed by atoms with Gasteiger partial charge in [-0.25, -0.2) is 0 Å². The molecule has 0 aromatic carbocycles. The second kappa shape index (κ2) is 6.88. The molecule has 0 amide bonds. The van der Waals surface area contributed by atoms with Crippen molar-refractivity contribution in [2.45, 2.75) is 64.0 Å². The van der Waals surface area contributed by atoms with E-state index in [1.165, 1.54) is 58.2 Å². The minimum atomic E-state index is 0.406. The van der Waals surface area contributed by atoms with E-state index < -0.39 is 0 Å². The summed E-state index contributed by atoms with van der Waals surface area (Å²) in [5.41, 5.74) is 0.406. The van der Waals surface area contributed by atoms with Crippen molar-refractivity contribution < 1.29 is 4.74 Å². The fraction of sp³-hybridized carbons (Fsp3) is 1.00. The molecule has 0 spiro atoms. The van der Waals surface area contributed by atoms with Crippen LogP contribution in [-0.4, -0.2) is 49.3 Å². The van der Waals surface area contributed by atoms with Gasteiger partial charge in [-0.3, -0.25) is 4.90 Å². The molecule has 2 aliphatic heterocycles. The monoisotopic (exact) mass is 254 g/mol. The molecule has 2 fully saturated rings. The predicted octanol–water partition coefficient (Wildman–Crippen LogP) is 2.41. The maximum Gasteiger partial charge on any atom is 0.0702 e. The Kier molecular flexibility index (Phi) is 5.46. The molecule has 2 heterocycles. The van der Waals surface area contributed by atoms with Crippen LogP contribution < -0.4 is 5.32 Å². The highest BCUT2D eigenvalue weighted by molar-refractivity contribution is 4.96. The Morgan fingerprint density at radius 1 is 1.33 bits per heavy atom. The summed E-state index contributed by atoms with van der Waals surface area (Å²) in [7, 11) is 0. The van der Waals surface area contributed by atoms with Crippen LogP contribution >= 0.6 is 0 Å². The Labute approximate surface area is 112 Å². The van der Waals surface area contributed by atoms with Gasteiger partial charge in [0, 0.05) is 25.2 Å². The Bertz CT molecular complexity index is 237. The number of piperidine rings is 1. The number of hydrogen-bond acceptors (Lipinski definition) is 3. The summed E-state index contributed by atoms with van der Waals surface area (Å²) in [4.78, 5) is 2.64. The van der Waals surface area contributed by atoms with Gasteiger partial charge in [-0.2, -0.15) is 0 Å². The van der Waals surface area contributed by atoms with Crippen LogP contribution in [0.5, 0.6) is 0 Å². The van der Waals surface area contributed by atoms with E-state index in [1.807, 2.05) is 0 Å². The van der Waals surface area contributed by atoms with Crippen LogP contribution in [-0.2, 0) is 4.74 Å². The minimum Gasteiger partial charge on any atom is -0.377 e. The van der Waals surface area contributed by atoms with Crippen molar-refractivity contribution in [3.05, 3.63) is 0 Å². The molecule has 0 aromatic heterocycles. The minimum absolute atomic E-state index is 0.406. The van der Waals surface area contributed by atoms with Crippen LogP contribution in [0.1, 0.15) is 52.4 Å². The fourth-order valence-corrected chi connectivity index (χ4v) is 3.73. The highest BCUT2D eigenvalue weighted by Crippen LogP contribution is 2.27. The number of nitrogens with zero attached hydrogens (tertiary/aromatic N) is 1. The van der Waals surface area contributed by atoms with Crippen molar-refractivity contribution in [2.24, 2.45) is 0 Å². The Morgan fingerprint density at radius 2 is 2.22 bits per heavy atom. The molecule has 2 saturated heterocycles. The van der Waals surface area contributed by atoms with Crippen LogP contribution in [0, 0.1) is 0 Å². The molecule has 18 heavy (non-hydrogen) atoms. The summed E-state index contributed by atoms with van der Waals surface area (Å²) in [5, 5.41) is 3.78. The molecule has 106 valence electrons. The smallest absolute Gasteiger partial charge is 0.0702 e. The fourth-order valence-electron chi connectivity index (χ4n) is 3.73. The van der Waals surface area contributed by atoms with Gasteiger partial charge >= 0.3 is 0 Å². The van der Waals surface area contributed by atoms with Gasteiger partial charge in [-0.05, 0) is 52.1 Å². The highest BCUT2D eigenvalue weighted by Gasteiger charge is 2.35. The molecule has 0 radical (unpaired) electrons. The van der Waals surface area contributed by atoms with E-state index in [4.69, 9.17) is 4.74 Å². The van der Waals surface area contributed by atoms with Crippen LogP contribution in [0.3, 0.4) is 0 Å². The molecular formula is C15H30N2O. The predicted molar refractivity (Wildman–Crippen MR) is 76.0 cm³/mol. The lowest BCUT2D eigenvalue weighted by Gasteiger charge is -2.39. The number of likely N-dealkylation sites (tertiary alicyclic amines) is 1. The molecule has 1 N–H and O–H groups in total. The van der Waals surface area contributed by atoms with E-state index >= 15 is 0 Å². The van der Waals surface area contributed by atoms with Crippen LogP contribution in [0.2, 0.25) is 0 Å². The molecule has 0 bridgehead atoms. The van der Waals surface area contributed by atoms with Crippen molar-refractivity contribution >= 4 is 0 Å². The summed E-state index contributed by atoms with van der Waals surface area (Å²) in [6.45, 7) is 10.1. The molecule has 3 heteroatoms. The van der Waals surface area contributed by atoms with Gasteiger partial charge in [0.2, 0.25) is 0 Å². The zero-order chi connectivity index (χ0) is 12.8. The summed E-state index contributed by atoms with van der Waals surface area (Å²) in [6, 6.07) is 0. The lowest BCUT2D eigenvalue weighted by atomic mass is 9.90. The first-order chi connectivity index (χ1) is 8.78. The Morgan fingerprint density at radius 3 is 2.89 bits per heavy atom. The first kappa shape index (κ1) is 14.3. The van der Waals surface area contributed by atoms with E-state index in [0.29, 0.717) is 11.6 Å². The van der Waals surface area contributed by atoms with E-state index in [0.717, 1.165) is 13.2 Å². The third kappa shape index (κ3) is 3.69. The summed E-state index contributed by atoms with van der Waals surface area (Å²) in [5.74, 6) is 0. The maximum absolute atomic E-state index is 5.81. The Balaban J connectivity index is 1.86. The first-order valence-electron chi connectivity index (χ1n) is 7.87. The van der Waals surface area contributed by atoms with Crippen molar-refractivity contribution in [3.63, 3.8) is 0 Å². The van der Waals surface area contributed by atoms with Gasteiger partial charge < -0.3 is 10.1 Å². The third-order valence-corrected chi connectivity index (χ3v) is 4.45. The normalized spacial score (nSPS) is 34.0.